The number of carbonyl (C=O) groups is 2. The molecule has 0 aromatic heterocycles. The van der Waals surface area contributed by atoms with Gasteiger partial charge < -0.3 is 10.5 Å². The van der Waals surface area contributed by atoms with E-state index < -0.39 is 11.7 Å². The lowest BCUT2D eigenvalue weighted by atomic mass is 9.94. The number of fused-ring (bicyclic) bond motifs is 1. The average Bonchev–Trinajstić information content (AvgIpc) is 3.12. The number of ketones is 1. The maximum absolute atomic E-state index is 12.8. The van der Waals surface area contributed by atoms with Gasteiger partial charge in [-0.3, -0.25) is 9.59 Å². The van der Waals surface area contributed by atoms with Gasteiger partial charge in [0.25, 0.3) is 11.7 Å². The van der Waals surface area contributed by atoms with Crippen LogP contribution in [0.15, 0.2) is 78.4 Å². The van der Waals surface area contributed by atoms with E-state index >= 15 is 0 Å². The maximum Gasteiger partial charge on any atom is 0.289 e. The molecule has 0 aliphatic heterocycles. The fraction of sp³-hybridized carbons (Fsp3) is 0.111. The predicted octanol–water partition coefficient (Wildman–Crippen LogP) is 5.13. The van der Waals surface area contributed by atoms with Crippen LogP contribution >= 0.6 is 0 Å². The Morgan fingerprint density at radius 3 is 2.26 bits per heavy atom. The highest BCUT2D eigenvalue weighted by Gasteiger charge is 2.34. The van der Waals surface area contributed by atoms with E-state index in [2.05, 4.69) is 30.3 Å². The summed E-state index contributed by atoms with van der Waals surface area (Å²) in [6.07, 6.45) is 2.66. The Kier molecular flexibility index (Phi) is 5.54. The highest BCUT2D eigenvalue weighted by atomic mass is 16.5. The molecular weight excluding hydrogens is 386 g/mol. The van der Waals surface area contributed by atoms with Crippen LogP contribution in [0, 0.1) is 0 Å². The highest BCUT2D eigenvalue weighted by Crippen LogP contribution is 2.48. The zero-order chi connectivity index (χ0) is 22.0. The van der Waals surface area contributed by atoms with Gasteiger partial charge in [-0.05, 0) is 52.0 Å². The number of hydrogen-bond acceptors (Lipinski definition) is 3. The summed E-state index contributed by atoms with van der Waals surface area (Å²) in [7, 11) is 1.56. The average molecular weight is 409 g/mol. The third-order valence-corrected chi connectivity index (χ3v) is 5.56. The lowest BCUT2D eigenvalue weighted by Crippen LogP contribution is -2.24. The third kappa shape index (κ3) is 3.57. The molecule has 4 nitrogen and oxygen atoms in total. The number of primary amides is 1. The molecule has 0 radical (unpaired) electrons. The van der Waals surface area contributed by atoms with Crippen LogP contribution in [-0.4, -0.2) is 18.8 Å². The molecular formula is C27H23NO3. The molecule has 3 aromatic rings. The highest BCUT2D eigenvalue weighted by molar-refractivity contribution is 6.55. The molecule has 1 amide bonds. The minimum absolute atomic E-state index is 0.339. The number of Topliss-reactive ketones (excluding diaryl/α,β-unsaturated/α-hetero) is 1. The molecule has 2 N–H and O–H groups in total. The number of amides is 1. The Balaban J connectivity index is 2.00. The minimum atomic E-state index is -0.969. The predicted molar refractivity (Wildman–Crippen MR) is 124 cm³/mol. The van der Waals surface area contributed by atoms with Crippen molar-refractivity contribution in [1.82, 2.24) is 0 Å². The van der Waals surface area contributed by atoms with Crippen molar-refractivity contribution < 1.29 is 14.3 Å². The fourth-order valence-electron chi connectivity index (χ4n) is 4.20. The molecule has 0 saturated carbocycles. The normalized spacial score (nSPS) is 13.9. The summed E-state index contributed by atoms with van der Waals surface area (Å²) in [5.41, 5.74) is 12.2. The van der Waals surface area contributed by atoms with E-state index in [1.54, 1.807) is 13.2 Å². The zero-order valence-corrected chi connectivity index (χ0v) is 17.5. The van der Waals surface area contributed by atoms with Crippen molar-refractivity contribution in [3.05, 3.63) is 95.1 Å². The Morgan fingerprint density at radius 1 is 0.903 bits per heavy atom. The standard InChI is InChI=1S/C27H23NO3/c1-3-19-22(16-18-12-7-8-13-20(18)17-10-5-4-6-11-17)21-14-9-15-23(31-2)24(21)25(19)26(29)27(28)30/h4-16H,3H2,1-2H3,(H2,28,30). The molecule has 0 spiro atoms. The Bertz CT molecular complexity index is 1240. The summed E-state index contributed by atoms with van der Waals surface area (Å²) < 4.78 is 5.54. The molecule has 0 bridgehead atoms. The number of hydrogen-bond donors (Lipinski definition) is 1. The summed E-state index contributed by atoms with van der Waals surface area (Å²) in [6.45, 7) is 1.97. The molecule has 0 atom stereocenters. The number of carbonyl (C=O) groups excluding carboxylic acids is 2. The van der Waals surface area contributed by atoms with Crippen LogP contribution in [0.5, 0.6) is 5.75 Å². The molecule has 0 heterocycles. The van der Waals surface area contributed by atoms with Crippen LogP contribution in [0.25, 0.3) is 28.3 Å². The van der Waals surface area contributed by atoms with Gasteiger partial charge in [0.2, 0.25) is 0 Å². The SMILES string of the molecule is CCC1=C(C(=O)C(N)=O)c2c(OC)cccc2C1=Cc1ccccc1-c1ccccc1. The summed E-state index contributed by atoms with van der Waals surface area (Å²) in [5, 5.41) is 0. The number of ether oxygens (including phenoxy) is 1. The van der Waals surface area contributed by atoms with Crippen LogP contribution in [0.3, 0.4) is 0 Å². The van der Waals surface area contributed by atoms with E-state index in [0.29, 0.717) is 23.3 Å². The van der Waals surface area contributed by atoms with E-state index in [1.807, 2.05) is 49.4 Å². The second kappa shape index (κ2) is 8.44. The lowest BCUT2D eigenvalue weighted by Gasteiger charge is -2.11. The molecule has 4 heteroatoms. The molecule has 0 fully saturated rings. The van der Waals surface area contributed by atoms with Gasteiger partial charge in [-0.1, -0.05) is 73.7 Å². The number of rotatable bonds is 6. The van der Waals surface area contributed by atoms with Crippen molar-refractivity contribution in [2.75, 3.05) is 7.11 Å². The van der Waals surface area contributed by atoms with Gasteiger partial charge in [-0.15, -0.1) is 0 Å². The number of allylic oxidation sites excluding steroid dienone is 2. The molecule has 4 rings (SSSR count). The number of nitrogens with two attached hydrogens (primary N) is 1. The summed E-state index contributed by atoms with van der Waals surface area (Å²) in [5.74, 6) is -1.11. The van der Waals surface area contributed by atoms with Crippen molar-refractivity contribution in [3.8, 4) is 16.9 Å². The van der Waals surface area contributed by atoms with Crippen LogP contribution in [0.1, 0.15) is 30.0 Å². The van der Waals surface area contributed by atoms with Crippen LogP contribution in [0.4, 0.5) is 0 Å². The monoisotopic (exact) mass is 409 g/mol. The first kappa shape index (κ1) is 20.4. The van der Waals surface area contributed by atoms with Crippen LogP contribution < -0.4 is 10.5 Å². The van der Waals surface area contributed by atoms with Gasteiger partial charge in [0, 0.05) is 11.1 Å². The molecule has 3 aromatic carbocycles. The van der Waals surface area contributed by atoms with E-state index in [4.69, 9.17) is 10.5 Å². The van der Waals surface area contributed by atoms with Gasteiger partial charge in [0.05, 0.1) is 7.11 Å². The summed E-state index contributed by atoms with van der Waals surface area (Å²) in [6, 6.07) is 23.9. The van der Waals surface area contributed by atoms with Crippen molar-refractivity contribution in [1.29, 1.82) is 0 Å². The fourth-order valence-corrected chi connectivity index (χ4v) is 4.20. The number of methoxy groups -OCH3 is 1. The third-order valence-electron chi connectivity index (χ3n) is 5.56. The lowest BCUT2D eigenvalue weighted by molar-refractivity contribution is -0.132. The quantitative estimate of drug-likeness (QED) is 0.574. The van der Waals surface area contributed by atoms with Crippen molar-refractivity contribution in [2.24, 2.45) is 5.73 Å². The van der Waals surface area contributed by atoms with Gasteiger partial charge in [0.1, 0.15) is 5.75 Å². The zero-order valence-electron chi connectivity index (χ0n) is 17.5. The number of benzene rings is 3. The van der Waals surface area contributed by atoms with E-state index in [9.17, 15) is 9.59 Å². The van der Waals surface area contributed by atoms with Gasteiger partial charge in [-0.2, -0.15) is 0 Å². The van der Waals surface area contributed by atoms with Gasteiger partial charge >= 0.3 is 0 Å². The van der Waals surface area contributed by atoms with Crippen LogP contribution in [-0.2, 0) is 9.59 Å². The van der Waals surface area contributed by atoms with Crippen LogP contribution in [0.2, 0.25) is 0 Å². The molecule has 0 saturated heterocycles. The summed E-state index contributed by atoms with van der Waals surface area (Å²) in [4.78, 5) is 24.7. The van der Waals surface area contributed by atoms with E-state index in [1.165, 1.54) is 0 Å². The van der Waals surface area contributed by atoms with Crippen molar-refractivity contribution >= 4 is 28.9 Å². The molecule has 154 valence electrons. The molecule has 31 heavy (non-hydrogen) atoms. The maximum atomic E-state index is 12.8. The van der Waals surface area contributed by atoms with Crippen molar-refractivity contribution in [3.63, 3.8) is 0 Å². The Morgan fingerprint density at radius 2 is 1.58 bits per heavy atom. The minimum Gasteiger partial charge on any atom is -0.496 e. The largest absolute Gasteiger partial charge is 0.496 e. The Labute approximate surface area is 181 Å². The molecule has 0 unspecified atom stereocenters. The van der Waals surface area contributed by atoms with Gasteiger partial charge in [-0.25, -0.2) is 0 Å². The molecule has 1 aliphatic rings. The topological polar surface area (TPSA) is 69.4 Å². The second-order valence-electron chi connectivity index (χ2n) is 7.29. The first-order chi connectivity index (χ1) is 15.1. The second-order valence-corrected chi connectivity index (χ2v) is 7.29. The van der Waals surface area contributed by atoms with Crippen molar-refractivity contribution in [2.45, 2.75) is 13.3 Å². The smallest absolute Gasteiger partial charge is 0.289 e. The van der Waals surface area contributed by atoms with Gasteiger partial charge in [0.15, 0.2) is 0 Å². The Hall–Kier alpha value is -3.92. The van der Waals surface area contributed by atoms with E-state index in [-0.39, 0.29) is 0 Å². The first-order valence-electron chi connectivity index (χ1n) is 10.2. The first-order valence-corrected chi connectivity index (χ1v) is 10.2. The molecule has 1 aliphatic carbocycles. The van der Waals surface area contributed by atoms with E-state index in [0.717, 1.165) is 33.4 Å². The summed E-state index contributed by atoms with van der Waals surface area (Å²) >= 11 is 0.